The lowest BCUT2D eigenvalue weighted by Gasteiger charge is -2.07. The van der Waals surface area contributed by atoms with E-state index in [0.717, 1.165) is 16.2 Å². The van der Waals surface area contributed by atoms with Crippen molar-refractivity contribution in [1.29, 1.82) is 5.26 Å². The summed E-state index contributed by atoms with van der Waals surface area (Å²) in [5.41, 5.74) is 3.27. The fourth-order valence-electron chi connectivity index (χ4n) is 2.32. The van der Waals surface area contributed by atoms with Gasteiger partial charge in [0.25, 0.3) is 5.91 Å². The lowest BCUT2D eigenvalue weighted by Crippen LogP contribution is -2.12. The van der Waals surface area contributed by atoms with E-state index in [0.29, 0.717) is 23.4 Å². The Morgan fingerprint density at radius 3 is 2.69 bits per heavy atom. The molecule has 0 unspecified atom stereocenters. The largest absolute Gasteiger partial charge is 0.322 e. The van der Waals surface area contributed by atoms with Crippen LogP contribution in [-0.4, -0.2) is 15.9 Å². The van der Waals surface area contributed by atoms with E-state index in [2.05, 4.69) is 21.4 Å². The maximum Gasteiger partial charge on any atom is 0.255 e. The molecule has 0 aliphatic heterocycles. The molecular formula is C20H16N4OS. The Kier molecular flexibility index (Phi) is 5.96. The maximum absolute atomic E-state index is 12.5. The lowest BCUT2D eigenvalue weighted by molar-refractivity contribution is 0.102. The molecule has 3 rings (SSSR count). The normalized spacial score (nSPS) is 10.1. The summed E-state index contributed by atoms with van der Waals surface area (Å²) in [7, 11) is 0. The molecule has 1 aromatic heterocycles. The quantitative estimate of drug-likeness (QED) is 0.670. The molecule has 128 valence electrons. The summed E-state index contributed by atoms with van der Waals surface area (Å²) in [4.78, 5) is 20.7. The number of nitrogens with zero attached hydrogens (tertiary/aromatic N) is 3. The third-order valence-electron chi connectivity index (χ3n) is 3.61. The molecule has 0 radical (unpaired) electrons. The first-order valence-electron chi connectivity index (χ1n) is 7.99. The van der Waals surface area contributed by atoms with Gasteiger partial charge in [0, 0.05) is 29.4 Å². The zero-order valence-corrected chi connectivity index (χ0v) is 14.7. The highest BCUT2D eigenvalue weighted by atomic mass is 32.2. The second-order valence-electron chi connectivity index (χ2n) is 5.52. The standard InChI is InChI=1S/C20H16N4OS/c21-9-8-15-4-6-18(7-5-15)24-20(25)17-3-1-2-16(12-17)14-26-19-13-22-10-11-23-19/h1-7,10-13H,8,14H2,(H,24,25). The van der Waals surface area contributed by atoms with Crippen molar-refractivity contribution < 1.29 is 4.79 Å². The predicted molar refractivity (Wildman–Crippen MR) is 102 cm³/mol. The molecule has 0 atom stereocenters. The van der Waals surface area contributed by atoms with Crippen molar-refractivity contribution in [3.63, 3.8) is 0 Å². The Bertz CT molecular complexity index is 921. The average Bonchev–Trinajstić information content (AvgIpc) is 2.69. The van der Waals surface area contributed by atoms with Crippen LogP contribution in [0.5, 0.6) is 0 Å². The monoisotopic (exact) mass is 360 g/mol. The minimum atomic E-state index is -0.163. The number of carbonyl (C=O) groups excluding carboxylic acids is 1. The summed E-state index contributed by atoms with van der Waals surface area (Å²) >= 11 is 1.57. The van der Waals surface area contributed by atoms with Crippen molar-refractivity contribution >= 4 is 23.4 Å². The van der Waals surface area contributed by atoms with Crippen LogP contribution in [0.2, 0.25) is 0 Å². The van der Waals surface area contributed by atoms with Gasteiger partial charge in [-0.3, -0.25) is 9.78 Å². The van der Waals surface area contributed by atoms with Gasteiger partial charge in [-0.1, -0.05) is 24.3 Å². The summed E-state index contributed by atoms with van der Waals surface area (Å²) in [5, 5.41) is 12.4. The van der Waals surface area contributed by atoms with Gasteiger partial charge >= 0.3 is 0 Å². The van der Waals surface area contributed by atoms with Crippen LogP contribution in [-0.2, 0) is 12.2 Å². The number of benzene rings is 2. The molecule has 0 aliphatic rings. The molecule has 1 amide bonds. The van der Waals surface area contributed by atoms with Gasteiger partial charge in [0.05, 0.1) is 18.7 Å². The fraction of sp³-hybridized carbons (Fsp3) is 0.100. The van der Waals surface area contributed by atoms with Crippen LogP contribution < -0.4 is 5.32 Å². The Labute approximate surface area is 156 Å². The number of thioether (sulfide) groups is 1. The fourth-order valence-corrected chi connectivity index (χ4v) is 3.08. The van der Waals surface area contributed by atoms with E-state index < -0.39 is 0 Å². The zero-order valence-electron chi connectivity index (χ0n) is 13.9. The number of aromatic nitrogens is 2. The van der Waals surface area contributed by atoms with Gasteiger partial charge in [-0.05, 0) is 35.4 Å². The Hall–Kier alpha value is -3.17. The third kappa shape index (κ3) is 4.91. The summed E-state index contributed by atoms with van der Waals surface area (Å²) in [6.45, 7) is 0. The van der Waals surface area contributed by atoms with Crippen LogP contribution in [0.4, 0.5) is 5.69 Å². The molecule has 0 saturated carbocycles. The first-order chi connectivity index (χ1) is 12.7. The maximum atomic E-state index is 12.5. The molecule has 3 aromatic rings. The van der Waals surface area contributed by atoms with E-state index in [9.17, 15) is 4.79 Å². The third-order valence-corrected chi connectivity index (χ3v) is 4.59. The van der Waals surface area contributed by atoms with E-state index in [1.807, 2.05) is 30.3 Å². The van der Waals surface area contributed by atoms with Gasteiger partial charge in [-0.25, -0.2) is 4.98 Å². The van der Waals surface area contributed by atoms with Crippen LogP contribution in [0.25, 0.3) is 0 Å². The highest BCUT2D eigenvalue weighted by Crippen LogP contribution is 2.20. The molecule has 0 spiro atoms. The summed E-state index contributed by atoms with van der Waals surface area (Å²) in [5.74, 6) is 0.548. The molecule has 1 N–H and O–H groups in total. The van der Waals surface area contributed by atoms with Gasteiger partial charge in [0.1, 0.15) is 5.03 Å². The number of anilines is 1. The Morgan fingerprint density at radius 2 is 1.96 bits per heavy atom. The van der Waals surface area contributed by atoms with Gasteiger partial charge in [0.15, 0.2) is 0 Å². The Balaban J connectivity index is 1.63. The molecule has 1 heterocycles. The van der Waals surface area contributed by atoms with Crippen molar-refractivity contribution in [1.82, 2.24) is 9.97 Å². The molecular weight excluding hydrogens is 344 g/mol. The number of carbonyl (C=O) groups is 1. The van der Waals surface area contributed by atoms with Crippen LogP contribution >= 0.6 is 11.8 Å². The molecule has 6 heteroatoms. The van der Waals surface area contributed by atoms with Crippen LogP contribution in [0.1, 0.15) is 21.5 Å². The van der Waals surface area contributed by atoms with Crippen LogP contribution in [0.3, 0.4) is 0 Å². The molecule has 26 heavy (non-hydrogen) atoms. The lowest BCUT2D eigenvalue weighted by atomic mass is 10.1. The number of amides is 1. The smallest absolute Gasteiger partial charge is 0.255 e. The minimum absolute atomic E-state index is 0.163. The van der Waals surface area contributed by atoms with E-state index in [-0.39, 0.29) is 5.91 Å². The first-order valence-corrected chi connectivity index (χ1v) is 8.98. The second kappa shape index (κ2) is 8.79. The zero-order chi connectivity index (χ0) is 18.2. The van der Waals surface area contributed by atoms with Gasteiger partial charge in [-0.15, -0.1) is 11.8 Å². The van der Waals surface area contributed by atoms with Crippen molar-refractivity contribution in [3.05, 3.63) is 83.8 Å². The van der Waals surface area contributed by atoms with Gasteiger partial charge in [0.2, 0.25) is 0 Å². The predicted octanol–water partition coefficient (Wildman–Crippen LogP) is 4.09. The van der Waals surface area contributed by atoms with Gasteiger partial charge < -0.3 is 5.32 Å². The number of rotatable bonds is 6. The van der Waals surface area contributed by atoms with E-state index in [4.69, 9.17) is 5.26 Å². The molecule has 0 aliphatic carbocycles. The van der Waals surface area contributed by atoms with Crippen LogP contribution in [0.15, 0.2) is 72.1 Å². The van der Waals surface area contributed by atoms with Crippen molar-refractivity contribution in [2.45, 2.75) is 17.2 Å². The van der Waals surface area contributed by atoms with Crippen LogP contribution in [0, 0.1) is 11.3 Å². The summed E-state index contributed by atoms with van der Waals surface area (Å²) in [6, 6.07) is 16.9. The SMILES string of the molecule is N#CCc1ccc(NC(=O)c2cccc(CSc3cnccn3)c2)cc1. The highest BCUT2D eigenvalue weighted by molar-refractivity contribution is 7.98. The van der Waals surface area contributed by atoms with Crippen molar-refractivity contribution in [3.8, 4) is 6.07 Å². The molecule has 0 fully saturated rings. The van der Waals surface area contributed by atoms with Gasteiger partial charge in [-0.2, -0.15) is 5.26 Å². The topological polar surface area (TPSA) is 78.7 Å². The molecule has 0 bridgehead atoms. The highest BCUT2D eigenvalue weighted by Gasteiger charge is 2.07. The second-order valence-corrected chi connectivity index (χ2v) is 6.51. The molecule has 0 saturated heterocycles. The summed E-state index contributed by atoms with van der Waals surface area (Å²) in [6.07, 6.45) is 5.38. The Morgan fingerprint density at radius 1 is 1.12 bits per heavy atom. The molecule has 5 nitrogen and oxygen atoms in total. The van der Waals surface area contributed by atoms with Crippen molar-refractivity contribution in [2.75, 3.05) is 5.32 Å². The average molecular weight is 360 g/mol. The van der Waals surface area contributed by atoms with E-state index in [1.54, 1.807) is 48.6 Å². The van der Waals surface area contributed by atoms with E-state index in [1.165, 1.54) is 0 Å². The van der Waals surface area contributed by atoms with Crippen molar-refractivity contribution in [2.24, 2.45) is 0 Å². The number of hydrogen-bond donors (Lipinski definition) is 1. The molecule has 2 aromatic carbocycles. The number of nitriles is 1. The first kappa shape index (κ1) is 17.6. The summed E-state index contributed by atoms with van der Waals surface area (Å²) < 4.78 is 0. The minimum Gasteiger partial charge on any atom is -0.322 e. The number of hydrogen-bond acceptors (Lipinski definition) is 5. The number of nitrogens with one attached hydrogen (secondary N) is 1. The van der Waals surface area contributed by atoms with E-state index >= 15 is 0 Å².